The second-order valence-corrected chi connectivity index (χ2v) is 5.12. The van der Waals surface area contributed by atoms with Crippen LogP contribution < -0.4 is 5.32 Å². The lowest BCUT2D eigenvalue weighted by molar-refractivity contribution is -0.119. The second kappa shape index (κ2) is 7.33. The van der Waals surface area contributed by atoms with Crippen LogP contribution in [0.15, 0.2) is 47.2 Å². The molecule has 1 heterocycles. The molecule has 0 aliphatic heterocycles. The number of aromatic nitrogens is 1. The van der Waals surface area contributed by atoms with Gasteiger partial charge in [0.15, 0.2) is 6.61 Å². The average Bonchev–Trinajstić information content (AvgIpc) is 2.53. The van der Waals surface area contributed by atoms with Gasteiger partial charge in [-0.25, -0.2) is 4.79 Å². The number of hydrogen-bond donors (Lipinski definition) is 1. The Morgan fingerprint density at radius 2 is 2.00 bits per heavy atom. The zero-order chi connectivity index (χ0) is 15.9. The molecule has 2 aromatic rings. The van der Waals surface area contributed by atoms with Gasteiger partial charge in [0, 0.05) is 22.6 Å². The van der Waals surface area contributed by atoms with Crippen molar-refractivity contribution >= 4 is 33.5 Å². The molecule has 7 heteroatoms. The van der Waals surface area contributed by atoms with Crippen molar-refractivity contribution in [1.29, 1.82) is 5.26 Å². The standard InChI is InChI=1S/C15H10BrN3O3/c16-12-5-11(7-18-8-12)15(21)22-9-14(20)19-13-3-1-10(6-17)2-4-13/h1-5,7-8H,9H2,(H,19,20). The van der Waals surface area contributed by atoms with E-state index in [0.29, 0.717) is 15.7 Å². The van der Waals surface area contributed by atoms with Gasteiger partial charge in [0.2, 0.25) is 0 Å². The number of esters is 1. The van der Waals surface area contributed by atoms with Crippen molar-refractivity contribution in [2.45, 2.75) is 0 Å². The maximum atomic E-state index is 11.7. The lowest BCUT2D eigenvalue weighted by atomic mass is 10.2. The van der Waals surface area contributed by atoms with Crippen LogP contribution in [0.4, 0.5) is 5.69 Å². The van der Waals surface area contributed by atoms with Gasteiger partial charge in [0.05, 0.1) is 17.2 Å². The predicted octanol–water partition coefficient (Wildman–Crippen LogP) is 2.51. The van der Waals surface area contributed by atoms with Crippen molar-refractivity contribution in [2.24, 2.45) is 0 Å². The number of benzene rings is 1. The number of rotatable bonds is 4. The molecule has 0 radical (unpaired) electrons. The molecule has 6 nitrogen and oxygen atoms in total. The summed E-state index contributed by atoms with van der Waals surface area (Å²) in [5.41, 5.74) is 1.26. The van der Waals surface area contributed by atoms with Crippen LogP contribution in [0, 0.1) is 11.3 Å². The van der Waals surface area contributed by atoms with E-state index < -0.39 is 18.5 Å². The Balaban J connectivity index is 1.87. The molecule has 110 valence electrons. The molecule has 0 saturated carbocycles. The number of pyridine rings is 1. The first-order valence-electron chi connectivity index (χ1n) is 6.16. The van der Waals surface area contributed by atoms with Gasteiger partial charge in [-0.3, -0.25) is 9.78 Å². The van der Waals surface area contributed by atoms with Gasteiger partial charge in [-0.1, -0.05) is 0 Å². The maximum absolute atomic E-state index is 11.7. The highest BCUT2D eigenvalue weighted by Gasteiger charge is 2.11. The molecule has 1 amide bonds. The fourth-order valence-corrected chi connectivity index (χ4v) is 1.93. The summed E-state index contributed by atoms with van der Waals surface area (Å²) < 4.78 is 5.54. The summed E-state index contributed by atoms with van der Waals surface area (Å²) in [6.45, 7) is -0.411. The van der Waals surface area contributed by atoms with E-state index in [2.05, 4.69) is 26.2 Å². The Morgan fingerprint density at radius 1 is 1.27 bits per heavy atom. The first-order chi connectivity index (χ1) is 10.6. The fraction of sp³-hybridized carbons (Fsp3) is 0.0667. The summed E-state index contributed by atoms with van der Waals surface area (Å²) in [7, 11) is 0. The predicted molar refractivity (Wildman–Crippen MR) is 82.0 cm³/mol. The lowest BCUT2D eigenvalue weighted by Gasteiger charge is -2.06. The molecule has 1 N–H and O–H groups in total. The highest BCUT2D eigenvalue weighted by molar-refractivity contribution is 9.10. The first-order valence-corrected chi connectivity index (χ1v) is 6.95. The Morgan fingerprint density at radius 3 is 2.64 bits per heavy atom. The average molecular weight is 360 g/mol. The minimum absolute atomic E-state index is 0.251. The SMILES string of the molecule is N#Cc1ccc(NC(=O)COC(=O)c2cncc(Br)c2)cc1. The van der Waals surface area contributed by atoms with Crippen molar-refractivity contribution in [1.82, 2.24) is 4.98 Å². The quantitative estimate of drug-likeness (QED) is 0.846. The van der Waals surface area contributed by atoms with Crippen LogP contribution in [0.3, 0.4) is 0 Å². The van der Waals surface area contributed by atoms with E-state index in [4.69, 9.17) is 10.00 Å². The van der Waals surface area contributed by atoms with E-state index in [1.54, 1.807) is 30.3 Å². The van der Waals surface area contributed by atoms with E-state index in [-0.39, 0.29) is 5.56 Å². The largest absolute Gasteiger partial charge is 0.452 e. The molecule has 0 aliphatic carbocycles. The number of halogens is 1. The summed E-state index contributed by atoms with van der Waals surface area (Å²) in [4.78, 5) is 27.3. The lowest BCUT2D eigenvalue weighted by Crippen LogP contribution is -2.21. The summed E-state index contributed by atoms with van der Waals surface area (Å²) >= 11 is 3.19. The summed E-state index contributed by atoms with van der Waals surface area (Å²) in [6.07, 6.45) is 2.89. The smallest absolute Gasteiger partial charge is 0.340 e. The van der Waals surface area contributed by atoms with E-state index in [9.17, 15) is 9.59 Å². The van der Waals surface area contributed by atoms with Gasteiger partial charge in [-0.2, -0.15) is 5.26 Å². The van der Waals surface area contributed by atoms with Crippen LogP contribution >= 0.6 is 15.9 Å². The molecule has 0 fully saturated rings. The van der Waals surface area contributed by atoms with Gasteiger partial charge in [0.25, 0.3) is 5.91 Å². The molecule has 0 bridgehead atoms. The zero-order valence-corrected chi connectivity index (χ0v) is 12.8. The number of hydrogen-bond acceptors (Lipinski definition) is 5. The van der Waals surface area contributed by atoms with Crippen molar-refractivity contribution < 1.29 is 14.3 Å². The van der Waals surface area contributed by atoms with Gasteiger partial charge in [-0.15, -0.1) is 0 Å². The summed E-state index contributed by atoms with van der Waals surface area (Å²) in [5, 5.41) is 11.2. The molecular weight excluding hydrogens is 350 g/mol. The molecule has 0 unspecified atom stereocenters. The molecular formula is C15H10BrN3O3. The molecule has 0 saturated heterocycles. The number of nitrogens with one attached hydrogen (secondary N) is 1. The number of nitriles is 1. The van der Waals surface area contributed by atoms with Gasteiger partial charge < -0.3 is 10.1 Å². The van der Waals surface area contributed by atoms with E-state index >= 15 is 0 Å². The van der Waals surface area contributed by atoms with Crippen LogP contribution in [-0.4, -0.2) is 23.5 Å². The molecule has 2 rings (SSSR count). The Kier molecular flexibility index (Phi) is 5.22. The molecule has 1 aromatic carbocycles. The number of carbonyl (C=O) groups excluding carboxylic acids is 2. The number of anilines is 1. The molecule has 0 aliphatic rings. The Labute approximate surface area is 134 Å². The number of amides is 1. The third kappa shape index (κ3) is 4.40. The monoisotopic (exact) mass is 359 g/mol. The van der Waals surface area contributed by atoms with Crippen LogP contribution in [-0.2, 0) is 9.53 Å². The van der Waals surface area contributed by atoms with Crippen molar-refractivity contribution in [3.8, 4) is 6.07 Å². The number of carbonyl (C=O) groups is 2. The summed E-state index contributed by atoms with van der Waals surface area (Å²) in [6, 6.07) is 9.87. The minimum atomic E-state index is -0.635. The minimum Gasteiger partial charge on any atom is -0.452 e. The molecule has 0 atom stereocenters. The molecule has 22 heavy (non-hydrogen) atoms. The van der Waals surface area contributed by atoms with Crippen molar-refractivity contribution in [3.05, 3.63) is 58.3 Å². The second-order valence-electron chi connectivity index (χ2n) is 4.21. The Hall–Kier alpha value is -2.72. The third-order valence-electron chi connectivity index (χ3n) is 2.57. The maximum Gasteiger partial charge on any atom is 0.340 e. The number of ether oxygens (including phenoxy) is 1. The highest BCUT2D eigenvalue weighted by Crippen LogP contribution is 2.11. The molecule has 0 spiro atoms. The van der Waals surface area contributed by atoms with Gasteiger partial charge in [0.1, 0.15) is 0 Å². The van der Waals surface area contributed by atoms with Crippen LogP contribution in [0.25, 0.3) is 0 Å². The normalized spacial score (nSPS) is 9.64. The van der Waals surface area contributed by atoms with Crippen LogP contribution in [0.2, 0.25) is 0 Å². The van der Waals surface area contributed by atoms with E-state index in [1.165, 1.54) is 12.4 Å². The third-order valence-corrected chi connectivity index (χ3v) is 3.01. The number of nitrogens with zero attached hydrogens (tertiary/aromatic N) is 2. The fourth-order valence-electron chi connectivity index (χ4n) is 1.56. The molecule has 1 aromatic heterocycles. The van der Waals surface area contributed by atoms with E-state index in [0.717, 1.165) is 0 Å². The van der Waals surface area contributed by atoms with Crippen molar-refractivity contribution in [2.75, 3.05) is 11.9 Å². The van der Waals surface area contributed by atoms with Crippen LogP contribution in [0.1, 0.15) is 15.9 Å². The van der Waals surface area contributed by atoms with E-state index in [1.807, 2.05) is 6.07 Å². The van der Waals surface area contributed by atoms with Crippen LogP contribution in [0.5, 0.6) is 0 Å². The zero-order valence-electron chi connectivity index (χ0n) is 11.2. The van der Waals surface area contributed by atoms with Gasteiger partial charge >= 0.3 is 5.97 Å². The topological polar surface area (TPSA) is 92.1 Å². The first kappa shape index (κ1) is 15.7. The van der Waals surface area contributed by atoms with Crippen molar-refractivity contribution in [3.63, 3.8) is 0 Å². The highest BCUT2D eigenvalue weighted by atomic mass is 79.9. The van der Waals surface area contributed by atoms with Gasteiger partial charge in [-0.05, 0) is 46.3 Å². The summed E-state index contributed by atoms with van der Waals surface area (Å²) in [5.74, 6) is -1.11. The Bertz CT molecular complexity index is 738.